The lowest BCUT2D eigenvalue weighted by Crippen LogP contribution is -2.35. The van der Waals surface area contributed by atoms with Crippen molar-refractivity contribution in [3.05, 3.63) is 27.8 Å². The Labute approximate surface area is 134 Å². The molecule has 0 bridgehead atoms. The highest BCUT2D eigenvalue weighted by molar-refractivity contribution is 9.10. The molecule has 2 rings (SSSR count). The Hall–Kier alpha value is -1.21. The molecule has 1 N–H and O–H groups in total. The predicted molar refractivity (Wildman–Crippen MR) is 86.0 cm³/mol. The Morgan fingerprint density at radius 2 is 1.95 bits per heavy atom. The average Bonchev–Trinajstić information content (AvgIpc) is 2.94. The van der Waals surface area contributed by atoms with Crippen LogP contribution in [0.2, 0.25) is 0 Å². The van der Waals surface area contributed by atoms with Crippen molar-refractivity contribution in [3.8, 4) is 0 Å². The van der Waals surface area contributed by atoms with E-state index >= 15 is 0 Å². The fourth-order valence-electron chi connectivity index (χ4n) is 1.97. The van der Waals surface area contributed by atoms with Gasteiger partial charge in [0.25, 0.3) is 0 Å². The molecular weight excluding hydrogens is 332 g/mol. The van der Waals surface area contributed by atoms with Crippen LogP contribution in [0, 0.1) is 13.8 Å². The minimum Gasteiger partial charge on any atom is -0.306 e. The van der Waals surface area contributed by atoms with Crippen LogP contribution in [-0.2, 0) is 19.6 Å². The average molecular weight is 355 g/mol. The molecule has 116 valence electrons. The van der Waals surface area contributed by atoms with Gasteiger partial charge in [-0.2, -0.15) is 5.10 Å². The van der Waals surface area contributed by atoms with E-state index in [1.807, 2.05) is 22.5 Å². The van der Waals surface area contributed by atoms with Crippen LogP contribution >= 0.6 is 15.9 Å². The van der Waals surface area contributed by atoms with Gasteiger partial charge in [0.15, 0.2) is 0 Å². The molecule has 6 nitrogen and oxygen atoms in total. The van der Waals surface area contributed by atoms with Gasteiger partial charge < -0.3 is 5.32 Å². The van der Waals surface area contributed by atoms with Crippen LogP contribution in [0.3, 0.4) is 0 Å². The SMILES string of the molecule is Cc1nn(CCn2cc(CNC(C)(C)C)nn2)c(C)c1Br. The second-order valence-electron chi connectivity index (χ2n) is 6.28. The summed E-state index contributed by atoms with van der Waals surface area (Å²) >= 11 is 3.54. The molecule has 0 atom stereocenters. The molecule has 21 heavy (non-hydrogen) atoms. The number of aryl methyl sites for hydroxylation is 3. The number of nitrogens with zero attached hydrogens (tertiary/aromatic N) is 5. The van der Waals surface area contributed by atoms with Gasteiger partial charge in [-0.25, -0.2) is 0 Å². The fourth-order valence-corrected chi connectivity index (χ4v) is 2.26. The molecule has 0 spiro atoms. The molecule has 0 saturated carbocycles. The molecular formula is C14H23BrN6. The van der Waals surface area contributed by atoms with Gasteiger partial charge in [0.05, 0.1) is 29.0 Å². The van der Waals surface area contributed by atoms with Crippen molar-refractivity contribution >= 4 is 15.9 Å². The summed E-state index contributed by atoms with van der Waals surface area (Å²) in [7, 11) is 0. The highest BCUT2D eigenvalue weighted by Gasteiger charge is 2.11. The maximum atomic E-state index is 4.50. The maximum absolute atomic E-state index is 4.50. The van der Waals surface area contributed by atoms with E-state index < -0.39 is 0 Å². The molecule has 0 amide bonds. The van der Waals surface area contributed by atoms with Gasteiger partial charge in [0.1, 0.15) is 0 Å². The highest BCUT2D eigenvalue weighted by atomic mass is 79.9. The van der Waals surface area contributed by atoms with Crippen molar-refractivity contribution in [3.63, 3.8) is 0 Å². The zero-order chi connectivity index (χ0) is 15.6. The second kappa shape index (κ2) is 6.27. The quantitative estimate of drug-likeness (QED) is 0.895. The molecule has 0 aromatic carbocycles. The van der Waals surface area contributed by atoms with Gasteiger partial charge in [-0.3, -0.25) is 9.36 Å². The van der Waals surface area contributed by atoms with Gasteiger partial charge in [-0.15, -0.1) is 5.10 Å². The number of hydrogen-bond donors (Lipinski definition) is 1. The summed E-state index contributed by atoms with van der Waals surface area (Å²) in [4.78, 5) is 0. The van der Waals surface area contributed by atoms with Gasteiger partial charge in [-0.05, 0) is 50.5 Å². The first-order valence-corrected chi connectivity index (χ1v) is 7.89. The molecule has 0 aliphatic carbocycles. The molecule has 0 saturated heterocycles. The Morgan fingerprint density at radius 3 is 2.52 bits per heavy atom. The minimum absolute atomic E-state index is 0.0831. The van der Waals surface area contributed by atoms with E-state index in [0.717, 1.165) is 41.2 Å². The van der Waals surface area contributed by atoms with Crippen LogP contribution in [0.4, 0.5) is 0 Å². The normalized spacial score (nSPS) is 12.1. The van der Waals surface area contributed by atoms with Crippen molar-refractivity contribution in [2.75, 3.05) is 0 Å². The van der Waals surface area contributed by atoms with Crippen molar-refractivity contribution in [1.29, 1.82) is 0 Å². The van der Waals surface area contributed by atoms with E-state index in [1.54, 1.807) is 0 Å². The lowest BCUT2D eigenvalue weighted by atomic mass is 10.1. The molecule has 7 heteroatoms. The number of aromatic nitrogens is 5. The second-order valence-corrected chi connectivity index (χ2v) is 7.08. The standard InChI is InChI=1S/C14H23BrN6/c1-10-13(15)11(2)21(18-10)7-6-20-9-12(17-19-20)8-16-14(3,4)5/h9,16H,6-8H2,1-5H3. The van der Waals surface area contributed by atoms with Crippen LogP contribution < -0.4 is 5.32 Å². The van der Waals surface area contributed by atoms with Crippen LogP contribution in [0.25, 0.3) is 0 Å². The summed E-state index contributed by atoms with van der Waals surface area (Å²) in [5, 5.41) is 16.3. The zero-order valence-corrected chi connectivity index (χ0v) is 14.9. The molecule has 0 aliphatic heterocycles. The topological polar surface area (TPSA) is 60.6 Å². The number of halogens is 1. The number of rotatable bonds is 5. The molecule has 2 aromatic rings. The molecule has 2 aromatic heterocycles. The van der Waals surface area contributed by atoms with Crippen LogP contribution in [-0.4, -0.2) is 30.3 Å². The summed E-state index contributed by atoms with van der Waals surface area (Å²) in [5.41, 5.74) is 3.20. The van der Waals surface area contributed by atoms with Crippen molar-refractivity contribution < 1.29 is 0 Å². The Balaban J connectivity index is 1.92. The summed E-state index contributed by atoms with van der Waals surface area (Å²) in [6.45, 7) is 12.7. The van der Waals surface area contributed by atoms with Crippen molar-refractivity contribution in [2.24, 2.45) is 0 Å². The Morgan fingerprint density at radius 1 is 1.24 bits per heavy atom. The number of nitrogens with one attached hydrogen (secondary N) is 1. The molecule has 0 fully saturated rings. The van der Waals surface area contributed by atoms with E-state index in [9.17, 15) is 0 Å². The minimum atomic E-state index is 0.0831. The van der Waals surface area contributed by atoms with E-state index in [4.69, 9.17) is 0 Å². The van der Waals surface area contributed by atoms with Crippen LogP contribution in [0.15, 0.2) is 10.7 Å². The summed E-state index contributed by atoms with van der Waals surface area (Å²) in [6, 6.07) is 0. The smallest absolute Gasteiger partial charge is 0.0965 e. The van der Waals surface area contributed by atoms with Crippen LogP contribution in [0.1, 0.15) is 37.9 Å². The lowest BCUT2D eigenvalue weighted by Gasteiger charge is -2.19. The fraction of sp³-hybridized carbons (Fsp3) is 0.643. The summed E-state index contributed by atoms with van der Waals surface area (Å²) < 4.78 is 4.94. The van der Waals surface area contributed by atoms with Gasteiger partial charge >= 0.3 is 0 Å². The molecule has 0 unspecified atom stereocenters. The van der Waals surface area contributed by atoms with Gasteiger partial charge in [-0.1, -0.05) is 5.21 Å². The molecule has 2 heterocycles. The van der Waals surface area contributed by atoms with E-state index in [-0.39, 0.29) is 5.54 Å². The van der Waals surface area contributed by atoms with Crippen LogP contribution in [0.5, 0.6) is 0 Å². The summed E-state index contributed by atoms with van der Waals surface area (Å²) in [5.74, 6) is 0. The van der Waals surface area contributed by atoms with Crippen molar-refractivity contribution in [1.82, 2.24) is 30.1 Å². The maximum Gasteiger partial charge on any atom is 0.0965 e. The zero-order valence-electron chi connectivity index (χ0n) is 13.3. The van der Waals surface area contributed by atoms with Gasteiger partial charge in [0.2, 0.25) is 0 Å². The third kappa shape index (κ3) is 4.38. The van der Waals surface area contributed by atoms with E-state index in [0.29, 0.717) is 0 Å². The van der Waals surface area contributed by atoms with Gasteiger partial charge in [0, 0.05) is 24.0 Å². The third-order valence-electron chi connectivity index (χ3n) is 3.22. The number of hydrogen-bond acceptors (Lipinski definition) is 4. The first-order chi connectivity index (χ1) is 9.76. The van der Waals surface area contributed by atoms with Crippen molar-refractivity contribution in [2.45, 2.75) is 59.8 Å². The van der Waals surface area contributed by atoms with E-state index in [2.05, 4.69) is 64.4 Å². The first kappa shape index (κ1) is 16.2. The Bertz CT molecular complexity index is 607. The predicted octanol–water partition coefficient (Wildman–Crippen LogP) is 2.44. The van der Waals surface area contributed by atoms with E-state index in [1.165, 1.54) is 0 Å². The lowest BCUT2D eigenvalue weighted by molar-refractivity contribution is 0.421. The third-order valence-corrected chi connectivity index (χ3v) is 4.37. The largest absolute Gasteiger partial charge is 0.306 e. The Kier molecular flexibility index (Phi) is 4.83. The monoisotopic (exact) mass is 354 g/mol. The summed E-state index contributed by atoms with van der Waals surface area (Å²) in [6.07, 6.45) is 1.99. The highest BCUT2D eigenvalue weighted by Crippen LogP contribution is 2.19. The molecule has 0 aliphatic rings. The molecule has 0 radical (unpaired) electrons. The first-order valence-electron chi connectivity index (χ1n) is 7.10.